The van der Waals surface area contributed by atoms with Crippen molar-refractivity contribution in [3.05, 3.63) is 28.5 Å². The summed E-state index contributed by atoms with van der Waals surface area (Å²) in [4.78, 5) is 11.5. The molecule has 1 unspecified atom stereocenters. The molecule has 6 nitrogen and oxygen atoms in total. The van der Waals surface area contributed by atoms with Crippen LogP contribution in [0, 0.1) is 5.82 Å². The van der Waals surface area contributed by atoms with E-state index in [2.05, 4.69) is 31.5 Å². The minimum absolute atomic E-state index is 0.197. The molecule has 1 aromatic carbocycles. The number of benzene rings is 1. The molecule has 0 fully saturated rings. The Morgan fingerprint density at radius 1 is 1.55 bits per heavy atom. The van der Waals surface area contributed by atoms with E-state index >= 15 is 0 Å². The third-order valence-electron chi connectivity index (χ3n) is 3.26. The van der Waals surface area contributed by atoms with Crippen LogP contribution in [0.1, 0.15) is 20.3 Å². The first-order valence-corrected chi connectivity index (χ1v) is 6.67. The highest BCUT2D eigenvalue weighted by atomic mass is 79.9. The fraction of sp³-hybridized carbons (Fsp3) is 0.333. The highest BCUT2D eigenvalue weighted by Gasteiger charge is 2.37. The summed E-state index contributed by atoms with van der Waals surface area (Å²) >= 11 is 3.29. The molecule has 0 radical (unpaired) electrons. The van der Waals surface area contributed by atoms with Crippen molar-refractivity contribution in [2.24, 2.45) is 0 Å². The molecule has 2 aromatic rings. The first-order valence-electron chi connectivity index (χ1n) is 5.88. The molecule has 0 amide bonds. The van der Waals surface area contributed by atoms with Crippen molar-refractivity contribution in [1.29, 1.82) is 0 Å². The maximum Gasteiger partial charge on any atom is 0.331 e. The van der Waals surface area contributed by atoms with Gasteiger partial charge in [-0.15, -0.1) is 5.10 Å². The summed E-state index contributed by atoms with van der Waals surface area (Å²) in [7, 11) is 0. The Bertz CT molecular complexity index is 661. The second kappa shape index (κ2) is 5.28. The molecule has 1 atom stereocenters. The molecular weight excluding hydrogens is 331 g/mol. The van der Waals surface area contributed by atoms with Gasteiger partial charge in [-0.3, -0.25) is 0 Å². The Kier molecular flexibility index (Phi) is 3.85. The zero-order chi connectivity index (χ0) is 14.9. The minimum Gasteiger partial charge on any atom is -0.479 e. The minimum atomic E-state index is -1.30. The number of carbonyl (C=O) groups is 1. The summed E-state index contributed by atoms with van der Waals surface area (Å²) in [6.07, 6.45) is 0.285. The number of hydrogen-bond donors (Lipinski definition) is 1. The molecule has 20 heavy (non-hydrogen) atoms. The number of carboxylic acids is 1. The van der Waals surface area contributed by atoms with E-state index in [1.807, 2.05) is 0 Å². The molecule has 0 saturated carbocycles. The summed E-state index contributed by atoms with van der Waals surface area (Å²) in [5.41, 5.74) is -0.902. The number of carboxylic acid groups (broad SMARTS) is 1. The Labute approximate surface area is 122 Å². The second-order valence-electron chi connectivity index (χ2n) is 4.47. The zero-order valence-corrected chi connectivity index (χ0v) is 12.4. The Hall–Kier alpha value is -1.83. The van der Waals surface area contributed by atoms with E-state index in [1.165, 1.54) is 29.8 Å². The number of aliphatic carboxylic acids is 1. The fourth-order valence-electron chi connectivity index (χ4n) is 1.75. The maximum atomic E-state index is 13.4. The molecule has 1 heterocycles. The molecule has 0 spiro atoms. The van der Waals surface area contributed by atoms with Crippen molar-refractivity contribution in [3.8, 4) is 11.4 Å². The second-order valence-corrected chi connectivity index (χ2v) is 5.33. The Morgan fingerprint density at radius 3 is 2.85 bits per heavy atom. The van der Waals surface area contributed by atoms with Gasteiger partial charge in [-0.2, -0.15) is 0 Å². The summed E-state index contributed by atoms with van der Waals surface area (Å²) in [5.74, 6) is -1.31. The van der Waals surface area contributed by atoms with Gasteiger partial charge >= 0.3 is 5.97 Å². The molecule has 1 aromatic heterocycles. The third kappa shape index (κ3) is 2.31. The highest BCUT2D eigenvalue weighted by molar-refractivity contribution is 9.10. The number of hydrogen-bond acceptors (Lipinski definition) is 4. The smallest absolute Gasteiger partial charge is 0.331 e. The van der Waals surface area contributed by atoms with Crippen molar-refractivity contribution >= 4 is 21.9 Å². The normalized spacial score (nSPS) is 14.0. The van der Waals surface area contributed by atoms with Crippen LogP contribution in [0.15, 0.2) is 22.7 Å². The lowest BCUT2D eigenvalue weighted by Crippen LogP contribution is -2.39. The van der Waals surface area contributed by atoms with Gasteiger partial charge in [-0.25, -0.2) is 13.9 Å². The van der Waals surface area contributed by atoms with Crippen LogP contribution >= 0.6 is 15.9 Å². The van der Waals surface area contributed by atoms with Crippen molar-refractivity contribution in [2.45, 2.75) is 25.8 Å². The van der Waals surface area contributed by atoms with E-state index in [0.717, 1.165) is 0 Å². The Balaban J connectivity index is 2.64. The number of tetrazole rings is 1. The maximum absolute atomic E-state index is 13.4. The predicted molar refractivity (Wildman–Crippen MR) is 72.5 cm³/mol. The molecule has 2 rings (SSSR count). The van der Waals surface area contributed by atoms with Crippen LogP contribution in [0.5, 0.6) is 0 Å². The topological polar surface area (TPSA) is 80.9 Å². The zero-order valence-electron chi connectivity index (χ0n) is 10.8. The Morgan fingerprint density at radius 2 is 2.25 bits per heavy atom. The molecule has 0 aliphatic carbocycles. The SMILES string of the molecule is CCC(C)(C(=O)O)n1nnnc1-c1cc(F)ccc1Br. The molecule has 0 aliphatic heterocycles. The quantitative estimate of drug-likeness (QED) is 0.922. The van der Waals surface area contributed by atoms with Crippen molar-refractivity contribution in [3.63, 3.8) is 0 Å². The van der Waals surface area contributed by atoms with Crippen molar-refractivity contribution in [1.82, 2.24) is 20.2 Å². The van der Waals surface area contributed by atoms with Gasteiger partial charge in [-0.05, 0) is 42.0 Å². The van der Waals surface area contributed by atoms with E-state index in [4.69, 9.17) is 0 Å². The van der Waals surface area contributed by atoms with E-state index in [9.17, 15) is 14.3 Å². The number of halogens is 2. The number of rotatable bonds is 4. The molecule has 0 saturated heterocycles. The lowest BCUT2D eigenvalue weighted by molar-refractivity contribution is -0.147. The number of aromatic nitrogens is 4. The first kappa shape index (κ1) is 14.6. The molecule has 106 valence electrons. The van der Waals surface area contributed by atoms with Gasteiger partial charge in [-0.1, -0.05) is 22.9 Å². The summed E-state index contributed by atoms with van der Waals surface area (Å²) in [6.45, 7) is 3.24. The van der Waals surface area contributed by atoms with E-state index in [-0.39, 0.29) is 12.2 Å². The fourth-order valence-corrected chi connectivity index (χ4v) is 2.17. The van der Waals surface area contributed by atoms with Crippen LogP contribution < -0.4 is 0 Å². The summed E-state index contributed by atoms with van der Waals surface area (Å²) in [5, 5.41) is 20.5. The largest absolute Gasteiger partial charge is 0.479 e. The average Bonchev–Trinajstić information content (AvgIpc) is 2.90. The van der Waals surface area contributed by atoms with Crippen molar-refractivity contribution in [2.75, 3.05) is 0 Å². The van der Waals surface area contributed by atoms with Gasteiger partial charge in [0.05, 0.1) is 0 Å². The van der Waals surface area contributed by atoms with Gasteiger partial charge in [0.15, 0.2) is 11.4 Å². The molecule has 8 heteroatoms. The van der Waals surface area contributed by atoms with Crippen LogP contribution in [-0.2, 0) is 10.3 Å². The summed E-state index contributed by atoms with van der Waals surface area (Å²) in [6, 6.07) is 4.07. The highest BCUT2D eigenvalue weighted by Crippen LogP contribution is 2.31. The molecule has 1 N–H and O–H groups in total. The van der Waals surface area contributed by atoms with Crippen LogP contribution in [0.4, 0.5) is 4.39 Å². The van der Waals surface area contributed by atoms with Crippen molar-refractivity contribution < 1.29 is 14.3 Å². The van der Waals surface area contributed by atoms with E-state index in [1.54, 1.807) is 6.92 Å². The third-order valence-corrected chi connectivity index (χ3v) is 3.95. The number of nitrogens with zero attached hydrogens (tertiary/aromatic N) is 4. The van der Waals surface area contributed by atoms with E-state index in [0.29, 0.717) is 10.0 Å². The van der Waals surface area contributed by atoms with Crippen LogP contribution in [0.25, 0.3) is 11.4 Å². The lowest BCUT2D eigenvalue weighted by atomic mass is 9.99. The van der Waals surface area contributed by atoms with Gasteiger partial charge in [0.1, 0.15) is 5.82 Å². The van der Waals surface area contributed by atoms with Gasteiger partial charge in [0.25, 0.3) is 0 Å². The monoisotopic (exact) mass is 342 g/mol. The van der Waals surface area contributed by atoms with E-state index < -0.39 is 17.3 Å². The standard InChI is InChI=1S/C12H12BrFN4O2/c1-3-12(2,11(19)20)18-10(15-16-17-18)8-6-7(14)4-5-9(8)13/h4-6H,3H2,1-2H3,(H,19,20). The van der Waals surface area contributed by atoms with Crippen LogP contribution in [0.2, 0.25) is 0 Å². The van der Waals surface area contributed by atoms with Gasteiger partial charge in [0.2, 0.25) is 0 Å². The van der Waals surface area contributed by atoms with Crippen LogP contribution in [0.3, 0.4) is 0 Å². The average molecular weight is 343 g/mol. The predicted octanol–water partition coefficient (Wildman–Crippen LogP) is 2.45. The summed E-state index contributed by atoms with van der Waals surface area (Å²) < 4.78 is 15.2. The van der Waals surface area contributed by atoms with Gasteiger partial charge in [0, 0.05) is 10.0 Å². The molecule has 0 bridgehead atoms. The first-order chi connectivity index (χ1) is 9.40. The molecule has 0 aliphatic rings. The van der Waals surface area contributed by atoms with Gasteiger partial charge < -0.3 is 5.11 Å². The molecular formula is C12H12BrFN4O2. The lowest BCUT2D eigenvalue weighted by Gasteiger charge is -2.24. The van der Waals surface area contributed by atoms with Crippen LogP contribution in [-0.4, -0.2) is 31.3 Å².